The number of halogens is 1. The van der Waals surface area contributed by atoms with Gasteiger partial charge in [-0.05, 0) is 30.5 Å². The molecule has 2 saturated heterocycles. The number of rotatable bonds is 3. The number of amides is 1. The molecule has 0 N–H and O–H groups in total. The van der Waals surface area contributed by atoms with Crippen LogP contribution in [0.2, 0.25) is 0 Å². The number of sulfonamides is 1. The maximum Gasteiger partial charge on any atom is 0.227 e. The van der Waals surface area contributed by atoms with Crippen LogP contribution >= 0.6 is 0 Å². The standard InChI is InChI=1S/C15H19FN2O3S/c1-22(20,21)18-13-5-6-14(18)10-17(9-13)15(19)8-11-3-2-4-12(16)7-11/h2-4,7,13-14H,5-6,8-10H2,1H3. The largest absolute Gasteiger partial charge is 0.339 e. The molecule has 2 fully saturated rings. The van der Waals surface area contributed by atoms with Crippen molar-refractivity contribution in [3.63, 3.8) is 0 Å². The molecule has 2 aliphatic rings. The maximum absolute atomic E-state index is 13.2. The molecule has 120 valence electrons. The van der Waals surface area contributed by atoms with Crippen LogP contribution in [0.15, 0.2) is 24.3 Å². The smallest absolute Gasteiger partial charge is 0.227 e. The number of carbonyl (C=O) groups is 1. The van der Waals surface area contributed by atoms with Gasteiger partial charge in [-0.25, -0.2) is 12.8 Å². The van der Waals surface area contributed by atoms with E-state index in [2.05, 4.69) is 0 Å². The van der Waals surface area contributed by atoms with Gasteiger partial charge in [-0.3, -0.25) is 4.79 Å². The molecule has 22 heavy (non-hydrogen) atoms. The second kappa shape index (κ2) is 5.62. The summed E-state index contributed by atoms with van der Waals surface area (Å²) in [6.07, 6.45) is 2.96. The van der Waals surface area contributed by atoms with Crippen molar-refractivity contribution >= 4 is 15.9 Å². The van der Waals surface area contributed by atoms with Gasteiger partial charge in [0.1, 0.15) is 5.82 Å². The summed E-state index contributed by atoms with van der Waals surface area (Å²) < 4.78 is 38.4. The summed E-state index contributed by atoms with van der Waals surface area (Å²) in [6.45, 7) is 0.857. The van der Waals surface area contributed by atoms with Crippen LogP contribution in [0.1, 0.15) is 18.4 Å². The Kier molecular flexibility index (Phi) is 3.94. The van der Waals surface area contributed by atoms with Crippen LogP contribution in [-0.2, 0) is 21.2 Å². The van der Waals surface area contributed by atoms with Gasteiger partial charge in [0.15, 0.2) is 0 Å². The average Bonchev–Trinajstić information content (AvgIpc) is 2.70. The highest BCUT2D eigenvalue weighted by molar-refractivity contribution is 7.88. The SMILES string of the molecule is CS(=O)(=O)N1C2CCC1CN(C(=O)Cc1cccc(F)c1)C2. The number of benzene rings is 1. The van der Waals surface area contributed by atoms with Crippen LogP contribution in [0.4, 0.5) is 4.39 Å². The lowest BCUT2D eigenvalue weighted by Crippen LogP contribution is -2.57. The monoisotopic (exact) mass is 326 g/mol. The van der Waals surface area contributed by atoms with Crippen LogP contribution in [0, 0.1) is 5.82 Å². The van der Waals surface area contributed by atoms with Crippen molar-refractivity contribution in [1.82, 2.24) is 9.21 Å². The van der Waals surface area contributed by atoms with Crippen LogP contribution < -0.4 is 0 Å². The lowest BCUT2D eigenvalue weighted by Gasteiger charge is -2.39. The predicted molar refractivity (Wildman–Crippen MR) is 80.2 cm³/mol. The number of fused-ring (bicyclic) bond motifs is 2. The molecule has 2 heterocycles. The molecule has 3 rings (SSSR count). The topological polar surface area (TPSA) is 57.7 Å². The molecule has 2 atom stereocenters. The molecule has 0 saturated carbocycles. The van der Waals surface area contributed by atoms with Crippen molar-refractivity contribution in [2.75, 3.05) is 19.3 Å². The average molecular weight is 326 g/mol. The quantitative estimate of drug-likeness (QED) is 0.833. The molecule has 0 aliphatic carbocycles. The molecule has 0 spiro atoms. The van der Waals surface area contributed by atoms with E-state index in [1.165, 1.54) is 18.4 Å². The molecule has 1 amide bonds. The molecule has 1 aromatic carbocycles. The Balaban J connectivity index is 1.69. The minimum absolute atomic E-state index is 0.0735. The lowest BCUT2D eigenvalue weighted by atomic mass is 10.1. The van der Waals surface area contributed by atoms with Crippen molar-refractivity contribution < 1.29 is 17.6 Å². The van der Waals surface area contributed by atoms with Crippen LogP contribution in [0.3, 0.4) is 0 Å². The zero-order valence-electron chi connectivity index (χ0n) is 12.4. The van der Waals surface area contributed by atoms with E-state index in [4.69, 9.17) is 0 Å². The molecule has 0 aromatic heterocycles. The first-order valence-corrected chi connectivity index (χ1v) is 9.20. The van der Waals surface area contributed by atoms with E-state index in [0.29, 0.717) is 18.7 Å². The van der Waals surface area contributed by atoms with Gasteiger partial charge in [-0.2, -0.15) is 4.31 Å². The number of piperazine rings is 1. The van der Waals surface area contributed by atoms with Crippen molar-refractivity contribution in [3.8, 4) is 0 Å². The number of hydrogen-bond acceptors (Lipinski definition) is 3. The summed E-state index contributed by atoms with van der Waals surface area (Å²) in [6, 6.07) is 5.78. The van der Waals surface area contributed by atoms with E-state index in [1.807, 2.05) is 0 Å². The molecule has 1 aromatic rings. The van der Waals surface area contributed by atoms with E-state index in [-0.39, 0.29) is 30.2 Å². The molecule has 2 bridgehead atoms. The highest BCUT2D eigenvalue weighted by Gasteiger charge is 2.45. The highest BCUT2D eigenvalue weighted by atomic mass is 32.2. The Hall–Kier alpha value is -1.47. The van der Waals surface area contributed by atoms with Crippen molar-refractivity contribution in [2.45, 2.75) is 31.3 Å². The van der Waals surface area contributed by atoms with Gasteiger partial charge in [0, 0.05) is 25.2 Å². The van der Waals surface area contributed by atoms with Crippen molar-refractivity contribution in [2.24, 2.45) is 0 Å². The van der Waals surface area contributed by atoms with E-state index in [1.54, 1.807) is 21.3 Å². The second-order valence-corrected chi connectivity index (χ2v) is 7.97. The molecule has 5 nitrogen and oxygen atoms in total. The van der Waals surface area contributed by atoms with Gasteiger partial charge in [0.25, 0.3) is 0 Å². The molecule has 2 unspecified atom stereocenters. The van der Waals surface area contributed by atoms with Crippen molar-refractivity contribution in [3.05, 3.63) is 35.6 Å². The minimum Gasteiger partial charge on any atom is -0.339 e. The summed E-state index contributed by atoms with van der Waals surface area (Å²) in [4.78, 5) is 14.1. The minimum atomic E-state index is -3.23. The third-order valence-corrected chi connectivity index (χ3v) is 5.76. The first kappa shape index (κ1) is 15.4. The van der Waals surface area contributed by atoms with E-state index in [0.717, 1.165) is 12.8 Å². The number of likely N-dealkylation sites (tertiary alicyclic amines) is 1. The first-order valence-electron chi connectivity index (χ1n) is 7.35. The fraction of sp³-hybridized carbons (Fsp3) is 0.533. The zero-order valence-corrected chi connectivity index (χ0v) is 13.2. The Labute approximate surface area is 129 Å². The lowest BCUT2D eigenvalue weighted by molar-refractivity contribution is -0.132. The Morgan fingerprint density at radius 3 is 2.45 bits per heavy atom. The predicted octanol–water partition coefficient (Wildman–Crippen LogP) is 1.00. The first-order chi connectivity index (χ1) is 10.3. The van der Waals surface area contributed by atoms with Crippen molar-refractivity contribution in [1.29, 1.82) is 0 Å². The Morgan fingerprint density at radius 1 is 1.27 bits per heavy atom. The van der Waals surface area contributed by atoms with E-state index < -0.39 is 10.0 Å². The van der Waals surface area contributed by atoms with E-state index in [9.17, 15) is 17.6 Å². The summed E-state index contributed by atoms with van der Waals surface area (Å²) in [7, 11) is -3.23. The van der Waals surface area contributed by atoms with Gasteiger partial charge in [0.2, 0.25) is 15.9 Å². The van der Waals surface area contributed by atoms with E-state index >= 15 is 0 Å². The fourth-order valence-corrected chi connectivity index (χ4v) is 4.97. The molecule has 0 radical (unpaired) electrons. The third kappa shape index (κ3) is 3.01. The van der Waals surface area contributed by atoms with Gasteiger partial charge < -0.3 is 4.90 Å². The van der Waals surface area contributed by atoms with Gasteiger partial charge in [-0.1, -0.05) is 12.1 Å². The zero-order chi connectivity index (χ0) is 15.9. The Morgan fingerprint density at radius 2 is 1.91 bits per heavy atom. The summed E-state index contributed by atoms with van der Waals surface area (Å²) >= 11 is 0. The maximum atomic E-state index is 13.2. The second-order valence-electron chi connectivity index (χ2n) is 6.08. The Bertz CT molecular complexity index is 678. The third-order valence-electron chi connectivity index (χ3n) is 4.40. The fourth-order valence-electron chi connectivity index (χ4n) is 3.54. The summed E-state index contributed by atoms with van der Waals surface area (Å²) in [5.74, 6) is -0.428. The number of nitrogens with zero attached hydrogens (tertiary/aromatic N) is 2. The summed E-state index contributed by atoms with van der Waals surface area (Å²) in [5.41, 5.74) is 0.642. The number of hydrogen-bond donors (Lipinski definition) is 0. The van der Waals surface area contributed by atoms with Gasteiger partial charge in [-0.15, -0.1) is 0 Å². The summed E-state index contributed by atoms with van der Waals surface area (Å²) in [5, 5.41) is 0. The normalized spacial score (nSPS) is 25.5. The van der Waals surface area contributed by atoms with Gasteiger partial charge in [0.05, 0.1) is 12.7 Å². The molecule has 2 aliphatic heterocycles. The van der Waals surface area contributed by atoms with Crippen LogP contribution in [-0.4, -0.2) is 55.0 Å². The molecular weight excluding hydrogens is 307 g/mol. The van der Waals surface area contributed by atoms with Crippen LogP contribution in [0.25, 0.3) is 0 Å². The molecule has 7 heteroatoms. The van der Waals surface area contributed by atoms with Crippen LogP contribution in [0.5, 0.6) is 0 Å². The van der Waals surface area contributed by atoms with Gasteiger partial charge >= 0.3 is 0 Å². The number of carbonyl (C=O) groups excluding carboxylic acids is 1. The highest BCUT2D eigenvalue weighted by Crippen LogP contribution is 2.32. The molecular formula is C15H19FN2O3S.